The molecule has 0 rings (SSSR count). The average molecular weight is 278 g/mol. The Morgan fingerprint density at radius 2 is 1.61 bits per heavy atom. The van der Waals surface area contributed by atoms with E-state index in [1.165, 1.54) is 0 Å². The van der Waals surface area contributed by atoms with Crippen LogP contribution in [0.2, 0.25) is 0 Å². The third kappa shape index (κ3) is 7.64. The van der Waals surface area contributed by atoms with Gasteiger partial charge in [0, 0.05) is 5.57 Å². The molecule has 0 unspecified atom stereocenters. The summed E-state index contributed by atoms with van der Waals surface area (Å²) >= 11 is 0. The first-order chi connectivity index (χ1) is 8.45. The van der Waals surface area contributed by atoms with Gasteiger partial charge in [0.25, 0.3) is 0 Å². The zero-order chi connectivity index (χ0) is 14.0. The van der Waals surface area contributed by atoms with Gasteiger partial charge in [-0.1, -0.05) is 20.4 Å². The highest BCUT2D eigenvalue weighted by Crippen LogP contribution is 2.48. The number of rotatable bonds is 10. The monoisotopic (exact) mass is 278 g/mol. The van der Waals surface area contributed by atoms with Crippen molar-refractivity contribution in [2.75, 3.05) is 26.0 Å². The molecule has 0 bridgehead atoms. The van der Waals surface area contributed by atoms with Crippen LogP contribution in [0.25, 0.3) is 0 Å². The quantitative estimate of drug-likeness (QED) is 0.349. The number of esters is 1. The van der Waals surface area contributed by atoms with Crippen molar-refractivity contribution in [2.45, 2.75) is 33.6 Å². The van der Waals surface area contributed by atoms with Crippen molar-refractivity contribution < 1.29 is 23.1 Å². The molecule has 0 aliphatic heterocycles. The summed E-state index contributed by atoms with van der Waals surface area (Å²) in [6.45, 7) is 9.62. The van der Waals surface area contributed by atoms with E-state index in [4.69, 9.17) is 13.8 Å². The fourth-order valence-electron chi connectivity index (χ4n) is 1.00. The summed E-state index contributed by atoms with van der Waals surface area (Å²) in [5.41, 5.74) is 0.314. The summed E-state index contributed by atoms with van der Waals surface area (Å²) in [7, 11) is -3.15. The molecule has 5 nitrogen and oxygen atoms in total. The fraction of sp³-hybridized carbons (Fsp3) is 0.750. The Bertz CT molecular complexity index is 302. The highest BCUT2D eigenvalue weighted by atomic mass is 31.2. The second-order valence-electron chi connectivity index (χ2n) is 3.92. The maximum Gasteiger partial charge on any atom is 0.334 e. The number of ether oxygens (including phenoxy) is 1. The molecule has 0 radical (unpaired) electrons. The predicted molar refractivity (Wildman–Crippen MR) is 70.7 cm³/mol. The molecule has 0 saturated heterocycles. The third-order valence-corrected chi connectivity index (χ3v) is 3.81. The summed E-state index contributed by atoms with van der Waals surface area (Å²) in [5.74, 6) is -0.493. The van der Waals surface area contributed by atoms with Crippen LogP contribution in [0.15, 0.2) is 12.2 Å². The Kier molecular flexibility index (Phi) is 8.98. The second-order valence-corrected chi connectivity index (χ2v) is 6.10. The third-order valence-electron chi connectivity index (χ3n) is 1.93. The van der Waals surface area contributed by atoms with Gasteiger partial charge in [-0.3, -0.25) is 4.57 Å². The zero-order valence-electron chi connectivity index (χ0n) is 11.4. The van der Waals surface area contributed by atoms with Crippen molar-refractivity contribution in [2.24, 2.45) is 0 Å². The van der Waals surface area contributed by atoms with Gasteiger partial charge in [-0.05, 0) is 19.8 Å². The van der Waals surface area contributed by atoms with Crippen molar-refractivity contribution >= 4 is 13.6 Å². The van der Waals surface area contributed by atoms with Crippen LogP contribution in [0.5, 0.6) is 0 Å². The van der Waals surface area contributed by atoms with Gasteiger partial charge in [0.15, 0.2) is 0 Å². The van der Waals surface area contributed by atoms with E-state index in [-0.39, 0.29) is 12.8 Å². The van der Waals surface area contributed by atoms with E-state index in [1.54, 1.807) is 6.92 Å². The smallest absolute Gasteiger partial charge is 0.334 e. The highest BCUT2D eigenvalue weighted by molar-refractivity contribution is 7.53. The molecule has 0 saturated carbocycles. The highest BCUT2D eigenvalue weighted by Gasteiger charge is 2.24. The van der Waals surface area contributed by atoms with Crippen LogP contribution in [-0.2, 0) is 23.1 Å². The number of hydrogen-bond acceptors (Lipinski definition) is 5. The molecule has 0 amide bonds. The molecule has 0 aliphatic carbocycles. The second kappa shape index (κ2) is 9.31. The number of carbonyl (C=O) groups is 1. The Balaban J connectivity index is 4.19. The lowest BCUT2D eigenvalue weighted by atomic mass is 10.4. The Hall–Kier alpha value is -0.640. The first kappa shape index (κ1) is 17.4. The largest absolute Gasteiger partial charge is 0.462 e. The molecule has 0 aliphatic rings. The molecule has 0 N–H and O–H groups in total. The minimum absolute atomic E-state index is 0.0103. The van der Waals surface area contributed by atoms with E-state index >= 15 is 0 Å². The summed E-state index contributed by atoms with van der Waals surface area (Å²) < 4.78 is 27.6. The van der Waals surface area contributed by atoms with Crippen molar-refractivity contribution in [1.29, 1.82) is 0 Å². The van der Waals surface area contributed by atoms with Crippen LogP contribution in [0.4, 0.5) is 0 Å². The molecule has 18 heavy (non-hydrogen) atoms. The predicted octanol–water partition coefficient (Wildman–Crippen LogP) is 3.15. The first-order valence-corrected chi connectivity index (χ1v) is 7.88. The van der Waals surface area contributed by atoms with Gasteiger partial charge in [-0.2, -0.15) is 0 Å². The van der Waals surface area contributed by atoms with Gasteiger partial charge in [-0.25, -0.2) is 4.79 Å². The molecule has 0 aromatic carbocycles. The fourth-order valence-corrected chi connectivity index (χ4v) is 2.57. The van der Waals surface area contributed by atoms with E-state index in [2.05, 4.69) is 6.58 Å². The van der Waals surface area contributed by atoms with Gasteiger partial charge >= 0.3 is 13.6 Å². The van der Waals surface area contributed by atoms with E-state index in [9.17, 15) is 9.36 Å². The van der Waals surface area contributed by atoms with Crippen LogP contribution in [0.3, 0.4) is 0 Å². The summed E-state index contributed by atoms with van der Waals surface area (Å²) in [4.78, 5) is 11.2. The molecule has 0 aromatic rings. The van der Waals surface area contributed by atoms with Crippen molar-refractivity contribution in [3.63, 3.8) is 0 Å². The van der Waals surface area contributed by atoms with Gasteiger partial charge in [0.2, 0.25) is 0 Å². The van der Waals surface area contributed by atoms with E-state index in [1.807, 2.05) is 13.8 Å². The topological polar surface area (TPSA) is 61.8 Å². The molecule has 0 spiro atoms. The minimum Gasteiger partial charge on any atom is -0.462 e. The standard InChI is InChI=1S/C12H23O5P/c1-5-7-16-18(14,17-8-6-2)10-9-15-12(13)11(3)4/h3,5-10H2,1-2,4H3. The maximum atomic E-state index is 12.2. The van der Waals surface area contributed by atoms with Gasteiger partial charge in [0.1, 0.15) is 6.61 Å². The lowest BCUT2D eigenvalue weighted by Crippen LogP contribution is -2.12. The maximum absolute atomic E-state index is 12.2. The van der Waals surface area contributed by atoms with Crippen molar-refractivity contribution in [1.82, 2.24) is 0 Å². The molecule has 106 valence electrons. The van der Waals surface area contributed by atoms with Crippen molar-refractivity contribution in [3.8, 4) is 0 Å². The van der Waals surface area contributed by atoms with Crippen LogP contribution >= 0.6 is 7.60 Å². The molecular weight excluding hydrogens is 255 g/mol. The van der Waals surface area contributed by atoms with Crippen molar-refractivity contribution in [3.05, 3.63) is 12.2 Å². The lowest BCUT2D eigenvalue weighted by Gasteiger charge is -2.18. The van der Waals surface area contributed by atoms with Gasteiger partial charge < -0.3 is 13.8 Å². The zero-order valence-corrected chi connectivity index (χ0v) is 12.3. The van der Waals surface area contributed by atoms with E-state index in [0.29, 0.717) is 18.8 Å². The van der Waals surface area contributed by atoms with E-state index in [0.717, 1.165) is 12.8 Å². The molecule has 0 heterocycles. The minimum atomic E-state index is -3.15. The van der Waals surface area contributed by atoms with Crippen LogP contribution in [0.1, 0.15) is 33.6 Å². The van der Waals surface area contributed by atoms with Gasteiger partial charge in [-0.15, -0.1) is 0 Å². The Morgan fingerprint density at radius 1 is 1.11 bits per heavy atom. The van der Waals surface area contributed by atoms with Crippen LogP contribution in [0, 0.1) is 0 Å². The summed E-state index contributed by atoms with van der Waals surface area (Å²) in [5, 5.41) is 0. The van der Waals surface area contributed by atoms with E-state index < -0.39 is 13.6 Å². The van der Waals surface area contributed by atoms with Crippen LogP contribution < -0.4 is 0 Å². The first-order valence-electron chi connectivity index (χ1n) is 6.16. The number of carbonyl (C=O) groups excluding carboxylic acids is 1. The Morgan fingerprint density at radius 3 is 2.00 bits per heavy atom. The average Bonchev–Trinajstić information content (AvgIpc) is 2.34. The molecule has 0 aromatic heterocycles. The number of hydrogen-bond donors (Lipinski definition) is 0. The summed E-state index contributed by atoms with van der Waals surface area (Å²) in [6, 6.07) is 0. The van der Waals surface area contributed by atoms with Gasteiger partial charge in [0.05, 0.1) is 19.4 Å². The lowest BCUT2D eigenvalue weighted by molar-refractivity contribution is -0.138. The molecule has 0 fully saturated rings. The summed E-state index contributed by atoms with van der Waals surface area (Å²) in [6.07, 6.45) is 1.59. The Labute approximate surface area is 109 Å². The normalized spacial score (nSPS) is 11.3. The van der Waals surface area contributed by atoms with Crippen LogP contribution in [-0.4, -0.2) is 32.0 Å². The SMILES string of the molecule is C=C(C)C(=O)OCCP(=O)(OCCC)OCCC. The molecule has 6 heteroatoms. The molecular formula is C12H23O5P. The molecule has 0 atom stereocenters.